The molecule has 11 heteroatoms. The minimum atomic E-state index is -1.22. The van der Waals surface area contributed by atoms with E-state index in [1.54, 1.807) is 13.0 Å². The number of H-pyrrole nitrogens is 1. The van der Waals surface area contributed by atoms with Crippen molar-refractivity contribution in [1.29, 1.82) is 0 Å². The Hall–Kier alpha value is -3.92. The molecule has 2 N–H and O–H groups in total. The Morgan fingerprint density at radius 3 is 2.73 bits per heavy atom. The zero-order valence-electron chi connectivity index (χ0n) is 16.9. The van der Waals surface area contributed by atoms with E-state index in [0.717, 1.165) is 16.7 Å². The summed E-state index contributed by atoms with van der Waals surface area (Å²) in [5, 5.41) is 2.95. The smallest absolute Gasteiger partial charge is 0.264 e. The van der Waals surface area contributed by atoms with Crippen LogP contribution >= 0.6 is 11.6 Å². The van der Waals surface area contributed by atoms with Gasteiger partial charge in [-0.2, -0.15) is 0 Å². The van der Waals surface area contributed by atoms with Crippen LogP contribution in [0.3, 0.4) is 0 Å². The summed E-state index contributed by atoms with van der Waals surface area (Å²) in [5.41, 5.74) is 0.0980. The van der Waals surface area contributed by atoms with Crippen molar-refractivity contribution >= 4 is 39.4 Å². The number of rotatable bonds is 4. The summed E-state index contributed by atoms with van der Waals surface area (Å²) in [5.74, 6) is -2.76. The first-order chi connectivity index (χ1) is 15.9. The molecule has 0 radical (unpaired) electrons. The fourth-order valence-electron chi connectivity index (χ4n) is 3.74. The van der Waals surface area contributed by atoms with E-state index >= 15 is 0 Å². The van der Waals surface area contributed by atoms with Gasteiger partial charge in [0.25, 0.3) is 5.56 Å². The molecule has 1 unspecified atom stereocenters. The maximum Gasteiger partial charge on any atom is 0.264 e. The highest BCUT2D eigenvalue weighted by atomic mass is 35.5. The molecule has 3 aromatic heterocycles. The molecule has 0 amide bonds. The third kappa shape index (κ3) is 3.39. The first kappa shape index (κ1) is 21.0. The number of aromatic amines is 1. The van der Waals surface area contributed by atoms with Crippen LogP contribution in [0.2, 0.25) is 5.02 Å². The van der Waals surface area contributed by atoms with Crippen LogP contribution in [-0.4, -0.2) is 24.5 Å². The fourth-order valence-corrected chi connectivity index (χ4v) is 3.99. The minimum absolute atomic E-state index is 0.144. The maximum absolute atomic E-state index is 14.8. The number of aromatic nitrogens is 5. The van der Waals surface area contributed by atoms with Crippen molar-refractivity contribution in [3.05, 3.63) is 87.6 Å². The van der Waals surface area contributed by atoms with Gasteiger partial charge in [-0.05, 0) is 36.6 Å². The third-order valence-corrected chi connectivity index (χ3v) is 5.67. The van der Waals surface area contributed by atoms with Gasteiger partial charge in [0.05, 0.1) is 28.5 Å². The lowest BCUT2D eigenvalue weighted by Crippen LogP contribution is -2.27. The molecule has 0 spiro atoms. The van der Waals surface area contributed by atoms with Crippen molar-refractivity contribution in [2.45, 2.75) is 13.0 Å². The van der Waals surface area contributed by atoms with E-state index in [9.17, 15) is 18.0 Å². The van der Waals surface area contributed by atoms with Crippen molar-refractivity contribution < 1.29 is 13.2 Å². The van der Waals surface area contributed by atoms with Crippen LogP contribution in [-0.2, 0) is 0 Å². The van der Waals surface area contributed by atoms with Gasteiger partial charge in [0, 0.05) is 5.69 Å². The van der Waals surface area contributed by atoms with Crippen LogP contribution in [0.15, 0.2) is 53.8 Å². The Balaban J connectivity index is 1.77. The average molecular weight is 471 g/mol. The number of hydrogen-bond donors (Lipinski definition) is 2. The Morgan fingerprint density at radius 2 is 1.91 bits per heavy atom. The van der Waals surface area contributed by atoms with Gasteiger partial charge in [-0.25, -0.2) is 28.1 Å². The minimum Gasteiger partial charge on any atom is -0.360 e. The van der Waals surface area contributed by atoms with Gasteiger partial charge < -0.3 is 10.3 Å². The van der Waals surface area contributed by atoms with Gasteiger partial charge in [0.15, 0.2) is 23.1 Å². The number of fused-ring (bicyclic) bond motifs is 2. The molecule has 33 heavy (non-hydrogen) atoms. The van der Waals surface area contributed by atoms with Crippen LogP contribution < -0.4 is 10.9 Å². The molecule has 3 heterocycles. The molecule has 5 aromatic rings. The maximum atomic E-state index is 14.8. The summed E-state index contributed by atoms with van der Waals surface area (Å²) in [6.45, 7) is 1.71. The molecular weight excluding hydrogens is 457 g/mol. The summed E-state index contributed by atoms with van der Waals surface area (Å²) in [6.07, 6.45) is 2.78. The van der Waals surface area contributed by atoms with Crippen LogP contribution in [0, 0.1) is 17.5 Å². The Kier molecular flexibility index (Phi) is 5.01. The first-order valence-corrected chi connectivity index (χ1v) is 10.1. The predicted molar refractivity (Wildman–Crippen MR) is 118 cm³/mol. The second-order valence-corrected chi connectivity index (χ2v) is 7.68. The molecule has 166 valence electrons. The number of anilines is 1. The summed E-state index contributed by atoms with van der Waals surface area (Å²) in [6, 6.07) is 6.93. The first-order valence-electron chi connectivity index (χ1n) is 9.75. The van der Waals surface area contributed by atoms with Gasteiger partial charge in [-0.15, -0.1) is 0 Å². The zero-order valence-corrected chi connectivity index (χ0v) is 17.7. The Labute approximate surface area is 188 Å². The van der Waals surface area contributed by atoms with E-state index in [-0.39, 0.29) is 16.8 Å². The second kappa shape index (κ2) is 7.89. The van der Waals surface area contributed by atoms with E-state index in [2.05, 4.69) is 25.3 Å². The lowest BCUT2D eigenvalue weighted by Gasteiger charge is -2.22. The second-order valence-electron chi connectivity index (χ2n) is 7.30. The predicted octanol–water partition coefficient (Wildman–Crippen LogP) is 4.90. The molecule has 5 rings (SSSR count). The van der Waals surface area contributed by atoms with Gasteiger partial charge in [0.1, 0.15) is 17.7 Å². The summed E-state index contributed by atoms with van der Waals surface area (Å²) in [7, 11) is 0. The largest absolute Gasteiger partial charge is 0.360 e. The quantitative estimate of drug-likeness (QED) is 0.390. The molecular formula is C22H14ClF3N6O. The van der Waals surface area contributed by atoms with Crippen molar-refractivity contribution in [1.82, 2.24) is 24.5 Å². The fraction of sp³-hybridized carbons (Fsp3) is 0.0909. The van der Waals surface area contributed by atoms with Gasteiger partial charge in [-0.1, -0.05) is 23.7 Å². The number of pyridine rings is 1. The molecule has 0 saturated carbocycles. The molecule has 2 aromatic carbocycles. The van der Waals surface area contributed by atoms with E-state index in [1.165, 1.54) is 30.9 Å². The number of benzene rings is 2. The SMILES string of the molecule is CC(Nc1ncnc2nc[nH]c12)c1cc2ccc(F)c(Cl)c2c(=O)n1-c1cccc(F)c1F. The summed E-state index contributed by atoms with van der Waals surface area (Å²) >= 11 is 6.08. The van der Waals surface area contributed by atoms with Crippen LogP contribution in [0.5, 0.6) is 0 Å². The lowest BCUT2D eigenvalue weighted by atomic mass is 10.1. The highest BCUT2D eigenvalue weighted by molar-refractivity contribution is 6.35. The molecule has 0 bridgehead atoms. The van der Waals surface area contributed by atoms with Crippen molar-refractivity contribution in [2.24, 2.45) is 0 Å². The highest BCUT2D eigenvalue weighted by Gasteiger charge is 2.23. The molecule has 1 atom stereocenters. The number of nitrogens with zero attached hydrogens (tertiary/aromatic N) is 4. The van der Waals surface area contributed by atoms with Crippen LogP contribution in [0.4, 0.5) is 19.0 Å². The molecule has 0 aliphatic carbocycles. The Bertz CT molecular complexity index is 1600. The number of nitrogens with one attached hydrogen (secondary N) is 2. The van der Waals surface area contributed by atoms with Crippen molar-refractivity contribution in [3.63, 3.8) is 0 Å². The summed E-state index contributed by atoms with van der Waals surface area (Å²) < 4.78 is 43.9. The van der Waals surface area contributed by atoms with E-state index in [4.69, 9.17) is 11.6 Å². The monoisotopic (exact) mass is 470 g/mol. The van der Waals surface area contributed by atoms with Gasteiger partial charge in [-0.3, -0.25) is 9.36 Å². The van der Waals surface area contributed by atoms with Gasteiger partial charge >= 0.3 is 0 Å². The molecule has 0 fully saturated rings. The van der Waals surface area contributed by atoms with Crippen molar-refractivity contribution in [2.75, 3.05) is 5.32 Å². The van der Waals surface area contributed by atoms with Crippen molar-refractivity contribution in [3.8, 4) is 5.69 Å². The number of hydrogen-bond acceptors (Lipinski definition) is 5. The third-order valence-electron chi connectivity index (χ3n) is 5.30. The van der Waals surface area contributed by atoms with E-state index < -0.39 is 34.1 Å². The number of halogens is 4. The standard InChI is InChI=1S/C22H14ClF3N6O/c1-10(31-21-19-20(28-8-27-19)29-9-30-21)15-7-11-5-6-12(24)17(23)16(11)22(33)32(15)14-4-2-3-13(25)18(14)26/h2-10H,1H3,(H2,27,28,29,30,31). The van der Waals surface area contributed by atoms with E-state index in [0.29, 0.717) is 22.4 Å². The topological polar surface area (TPSA) is 88.5 Å². The molecule has 0 saturated heterocycles. The molecule has 7 nitrogen and oxygen atoms in total. The molecule has 0 aliphatic rings. The normalized spacial score (nSPS) is 12.4. The van der Waals surface area contributed by atoms with Crippen LogP contribution in [0.1, 0.15) is 18.7 Å². The lowest BCUT2D eigenvalue weighted by molar-refractivity contribution is 0.502. The molecule has 0 aliphatic heterocycles. The average Bonchev–Trinajstić information content (AvgIpc) is 3.28. The summed E-state index contributed by atoms with van der Waals surface area (Å²) in [4.78, 5) is 28.7. The number of imidazole rings is 1. The zero-order chi connectivity index (χ0) is 23.3. The van der Waals surface area contributed by atoms with E-state index in [1.807, 2.05) is 0 Å². The van der Waals surface area contributed by atoms with Crippen LogP contribution in [0.25, 0.3) is 27.6 Å². The highest BCUT2D eigenvalue weighted by Crippen LogP contribution is 2.30. The van der Waals surface area contributed by atoms with Gasteiger partial charge in [0.2, 0.25) is 0 Å². The Morgan fingerprint density at radius 1 is 1.09 bits per heavy atom.